The zero-order valence-corrected chi connectivity index (χ0v) is 13.8. The summed E-state index contributed by atoms with van der Waals surface area (Å²) in [5.74, 6) is -0.680. The van der Waals surface area contributed by atoms with Crippen molar-refractivity contribution in [1.82, 2.24) is 0 Å². The van der Waals surface area contributed by atoms with E-state index in [-0.39, 0.29) is 17.0 Å². The van der Waals surface area contributed by atoms with Gasteiger partial charge in [-0.2, -0.15) is 13.2 Å². The molecule has 5 heteroatoms. The molecule has 25 heavy (non-hydrogen) atoms. The molecule has 0 bridgehead atoms. The molecular weight excluding hydrogens is 335 g/mol. The first-order chi connectivity index (χ1) is 11.8. The Morgan fingerprint density at radius 3 is 1.84 bits per heavy atom. The molecule has 1 aliphatic rings. The fraction of sp³-hybridized carbons (Fsp3) is 0.400. The molecule has 0 atom stereocenters. The Hall–Kier alpha value is -1.91. The van der Waals surface area contributed by atoms with E-state index in [2.05, 4.69) is 6.92 Å². The molecule has 0 radical (unpaired) electrons. The first-order valence-corrected chi connectivity index (χ1v) is 8.42. The lowest BCUT2D eigenvalue weighted by molar-refractivity contribution is -0.137. The molecule has 0 aliphatic heterocycles. The summed E-state index contributed by atoms with van der Waals surface area (Å²) in [6.07, 6.45) is -0.597. The minimum absolute atomic E-state index is 0.104. The van der Waals surface area contributed by atoms with Crippen molar-refractivity contribution in [2.24, 2.45) is 5.92 Å². The monoisotopic (exact) mass is 354 g/mol. The number of rotatable bonds is 2. The minimum atomic E-state index is -4.47. The molecule has 0 amide bonds. The number of benzene rings is 2. The maximum atomic E-state index is 14.5. The Balaban J connectivity index is 1.90. The van der Waals surface area contributed by atoms with Crippen LogP contribution in [-0.2, 0) is 6.18 Å². The lowest BCUT2D eigenvalue weighted by Gasteiger charge is -2.26. The van der Waals surface area contributed by atoms with E-state index in [9.17, 15) is 22.0 Å². The zero-order valence-electron chi connectivity index (χ0n) is 13.8. The van der Waals surface area contributed by atoms with E-state index < -0.39 is 23.4 Å². The average Bonchev–Trinajstić information content (AvgIpc) is 2.54. The smallest absolute Gasteiger partial charge is 0.206 e. The van der Waals surface area contributed by atoms with Gasteiger partial charge in [-0.1, -0.05) is 31.9 Å². The van der Waals surface area contributed by atoms with Crippen LogP contribution in [0.4, 0.5) is 22.0 Å². The Morgan fingerprint density at radius 2 is 1.36 bits per heavy atom. The molecule has 0 aromatic heterocycles. The van der Waals surface area contributed by atoms with Gasteiger partial charge < -0.3 is 0 Å². The second-order valence-corrected chi connectivity index (χ2v) is 6.89. The van der Waals surface area contributed by atoms with E-state index in [0.717, 1.165) is 49.9 Å². The average molecular weight is 354 g/mol. The SMILES string of the molecule is CC1CCC(c2cc(F)c(-c3ccc(C(F)(F)F)cc3)c(F)c2)CC1. The van der Waals surface area contributed by atoms with Gasteiger partial charge in [0.25, 0.3) is 0 Å². The maximum absolute atomic E-state index is 14.5. The summed E-state index contributed by atoms with van der Waals surface area (Å²) in [7, 11) is 0. The van der Waals surface area contributed by atoms with Crippen LogP contribution in [0.3, 0.4) is 0 Å². The van der Waals surface area contributed by atoms with Gasteiger partial charge in [0.05, 0.1) is 11.1 Å². The molecule has 2 aromatic carbocycles. The van der Waals surface area contributed by atoms with Crippen LogP contribution in [-0.4, -0.2) is 0 Å². The predicted molar refractivity (Wildman–Crippen MR) is 87.2 cm³/mol. The summed E-state index contributed by atoms with van der Waals surface area (Å²) in [6, 6.07) is 6.54. The molecule has 0 spiro atoms. The van der Waals surface area contributed by atoms with E-state index in [1.807, 2.05) is 0 Å². The predicted octanol–water partition coefficient (Wildman–Crippen LogP) is 6.94. The highest BCUT2D eigenvalue weighted by Gasteiger charge is 2.30. The highest BCUT2D eigenvalue weighted by molar-refractivity contribution is 5.66. The molecule has 0 nitrogen and oxygen atoms in total. The van der Waals surface area contributed by atoms with Gasteiger partial charge in [0.15, 0.2) is 0 Å². The summed E-state index contributed by atoms with van der Waals surface area (Å²) in [5.41, 5.74) is -0.379. The molecule has 0 unspecified atom stereocenters. The van der Waals surface area contributed by atoms with Gasteiger partial charge in [-0.3, -0.25) is 0 Å². The van der Waals surface area contributed by atoms with Gasteiger partial charge in [-0.05, 0) is 60.1 Å². The van der Waals surface area contributed by atoms with Crippen LogP contribution in [0.15, 0.2) is 36.4 Å². The van der Waals surface area contributed by atoms with Crippen LogP contribution in [0.25, 0.3) is 11.1 Å². The van der Waals surface area contributed by atoms with Gasteiger partial charge in [-0.25, -0.2) is 8.78 Å². The Bertz CT molecular complexity index is 715. The van der Waals surface area contributed by atoms with Gasteiger partial charge in [0, 0.05) is 0 Å². The van der Waals surface area contributed by atoms with Crippen molar-refractivity contribution in [1.29, 1.82) is 0 Å². The van der Waals surface area contributed by atoms with E-state index in [0.29, 0.717) is 11.5 Å². The highest BCUT2D eigenvalue weighted by atomic mass is 19.4. The third-order valence-corrected chi connectivity index (χ3v) is 5.05. The molecule has 134 valence electrons. The summed E-state index contributed by atoms with van der Waals surface area (Å²) in [4.78, 5) is 0. The molecule has 0 saturated heterocycles. The van der Waals surface area contributed by atoms with Crippen LogP contribution in [0.1, 0.15) is 49.7 Å². The standard InChI is InChI=1S/C20H19F5/c1-12-2-4-13(5-3-12)15-10-17(21)19(18(22)11-15)14-6-8-16(9-7-14)20(23,24)25/h6-13H,2-5H2,1H3. The van der Waals surface area contributed by atoms with Crippen LogP contribution >= 0.6 is 0 Å². The topological polar surface area (TPSA) is 0 Å². The van der Waals surface area contributed by atoms with Crippen molar-refractivity contribution in [2.45, 2.75) is 44.7 Å². The van der Waals surface area contributed by atoms with Crippen LogP contribution < -0.4 is 0 Å². The molecular formula is C20H19F5. The second kappa shape index (κ2) is 6.77. The molecule has 1 saturated carbocycles. The van der Waals surface area contributed by atoms with Gasteiger partial charge in [0.1, 0.15) is 11.6 Å². The molecule has 0 N–H and O–H groups in total. The molecule has 3 rings (SSSR count). The fourth-order valence-electron chi connectivity index (χ4n) is 3.52. The summed E-state index contributed by atoms with van der Waals surface area (Å²) in [6.45, 7) is 2.17. The van der Waals surface area contributed by atoms with Crippen molar-refractivity contribution < 1.29 is 22.0 Å². The van der Waals surface area contributed by atoms with Gasteiger partial charge >= 0.3 is 6.18 Å². The lowest BCUT2D eigenvalue weighted by Crippen LogP contribution is -2.11. The van der Waals surface area contributed by atoms with E-state index >= 15 is 0 Å². The van der Waals surface area contributed by atoms with Crippen molar-refractivity contribution in [3.63, 3.8) is 0 Å². The van der Waals surface area contributed by atoms with Crippen molar-refractivity contribution in [3.05, 3.63) is 59.2 Å². The van der Waals surface area contributed by atoms with E-state index in [4.69, 9.17) is 0 Å². The first kappa shape index (κ1) is 17.9. The number of halogens is 5. The van der Waals surface area contributed by atoms with Gasteiger partial charge in [-0.15, -0.1) is 0 Å². The Kier molecular flexibility index (Phi) is 4.85. The number of hydrogen-bond acceptors (Lipinski definition) is 0. The van der Waals surface area contributed by atoms with Crippen LogP contribution in [0.5, 0.6) is 0 Å². The lowest BCUT2D eigenvalue weighted by atomic mass is 9.79. The third-order valence-electron chi connectivity index (χ3n) is 5.05. The van der Waals surface area contributed by atoms with E-state index in [1.54, 1.807) is 0 Å². The number of alkyl halides is 3. The molecule has 1 aliphatic carbocycles. The summed E-state index contributed by atoms with van der Waals surface area (Å²) >= 11 is 0. The Labute approximate surface area is 143 Å². The Morgan fingerprint density at radius 1 is 0.840 bits per heavy atom. The molecule has 1 fully saturated rings. The second-order valence-electron chi connectivity index (χ2n) is 6.89. The third kappa shape index (κ3) is 3.86. The normalized spacial score (nSPS) is 21.4. The number of hydrogen-bond donors (Lipinski definition) is 0. The fourth-order valence-corrected chi connectivity index (χ4v) is 3.52. The highest BCUT2D eigenvalue weighted by Crippen LogP contribution is 2.38. The molecule has 0 heterocycles. The summed E-state index contributed by atoms with van der Waals surface area (Å²) in [5, 5.41) is 0. The maximum Gasteiger partial charge on any atom is 0.416 e. The largest absolute Gasteiger partial charge is 0.416 e. The van der Waals surface area contributed by atoms with Crippen LogP contribution in [0.2, 0.25) is 0 Å². The van der Waals surface area contributed by atoms with E-state index in [1.165, 1.54) is 12.1 Å². The van der Waals surface area contributed by atoms with Crippen molar-refractivity contribution >= 4 is 0 Å². The quantitative estimate of drug-likeness (QED) is 0.512. The summed E-state index contributed by atoms with van der Waals surface area (Å²) < 4.78 is 66.9. The first-order valence-electron chi connectivity index (χ1n) is 8.42. The van der Waals surface area contributed by atoms with Crippen molar-refractivity contribution in [2.75, 3.05) is 0 Å². The van der Waals surface area contributed by atoms with Crippen LogP contribution in [0, 0.1) is 17.6 Å². The molecule has 2 aromatic rings. The minimum Gasteiger partial charge on any atom is -0.206 e. The zero-order chi connectivity index (χ0) is 18.2. The van der Waals surface area contributed by atoms with Gasteiger partial charge in [0.2, 0.25) is 0 Å². The van der Waals surface area contributed by atoms with Crippen molar-refractivity contribution in [3.8, 4) is 11.1 Å².